The predicted molar refractivity (Wildman–Crippen MR) is 54.2 cm³/mol. The summed E-state index contributed by atoms with van der Waals surface area (Å²) < 4.78 is 0. The van der Waals surface area contributed by atoms with Crippen molar-refractivity contribution in [1.82, 2.24) is 10.0 Å². The number of hydrogen-bond donors (Lipinski definition) is 0. The lowest BCUT2D eigenvalue weighted by Gasteiger charge is -2.29. The molecule has 0 radical (unpaired) electrons. The third kappa shape index (κ3) is 1.28. The Kier molecular flexibility index (Phi) is 1.93. The molecule has 2 aliphatic rings. The summed E-state index contributed by atoms with van der Waals surface area (Å²) in [6.45, 7) is 5.04. The zero-order valence-corrected chi connectivity index (χ0v) is 8.76. The lowest BCUT2D eigenvalue weighted by molar-refractivity contribution is 0.109. The van der Waals surface area contributed by atoms with Crippen LogP contribution in [0.5, 0.6) is 0 Å². The predicted octanol–water partition coefficient (Wildman–Crippen LogP) is 1.94. The van der Waals surface area contributed by atoms with E-state index in [0.717, 1.165) is 18.1 Å². The molecule has 3 nitrogen and oxygen atoms in total. The topological polar surface area (TPSA) is 18.8 Å². The molecule has 0 spiro atoms. The zero-order chi connectivity index (χ0) is 9.59. The largest absolute Gasteiger partial charge is 0.261 e. The van der Waals surface area contributed by atoms with Crippen molar-refractivity contribution in [2.24, 2.45) is 4.99 Å². The minimum Gasteiger partial charge on any atom is -0.261 e. The Hall–Kier alpha value is -0.800. The maximum absolute atomic E-state index is 5.89. The van der Waals surface area contributed by atoms with E-state index in [1.165, 1.54) is 5.57 Å². The Morgan fingerprint density at radius 2 is 2.15 bits per heavy atom. The van der Waals surface area contributed by atoms with Crippen molar-refractivity contribution in [1.29, 1.82) is 0 Å². The number of aliphatic imine (C=N–C) groups is 1. The number of likely N-dealkylation sites (N-methyl/N-ethyl adjacent to an activating group) is 1. The average molecular weight is 198 g/mol. The highest BCUT2D eigenvalue weighted by Crippen LogP contribution is 2.30. The van der Waals surface area contributed by atoms with Gasteiger partial charge >= 0.3 is 0 Å². The molecule has 0 atom stereocenters. The fraction of sp³-hybridized carbons (Fsp3) is 0.444. The molecule has 0 aromatic rings. The SMILES string of the molecule is CC1=CC(Cl)=NC2=C(C)CN(C)N12. The Morgan fingerprint density at radius 1 is 1.46 bits per heavy atom. The fourth-order valence-electron chi connectivity index (χ4n) is 1.77. The van der Waals surface area contributed by atoms with E-state index < -0.39 is 0 Å². The van der Waals surface area contributed by atoms with Gasteiger partial charge in [-0.05, 0) is 25.5 Å². The summed E-state index contributed by atoms with van der Waals surface area (Å²) in [5.41, 5.74) is 2.38. The second-order valence-electron chi connectivity index (χ2n) is 3.45. The van der Waals surface area contributed by atoms with Gasteiger partial charge in [0, 0.05) is 19.3 Å². The molecule has 0 saturated carbocycles. The van der Waals surface area contributed by atoms with Crippen LogP contribution in [0.2, 0.25) is 0 Å². The van der Waals surface area contributed by atoms with Gasteiger partial charge in [-0.3, -0.25) is 5.01 Å². The van der Waals surface area contributed by atoms with E-state index in [1.807, 2.05) is 20.0 Å². The summed E-state index contributed by atoms with van der Waals surface area (Å²) in [6, 6.07) is 0. The van der Waals surface area contributed by atoms with Crippen LogP contribution in [0.4, 0.5) is 0 Å². The average Bonchev–Trinajstić information content (AvgIpc) is 2.27. The van der Waals surface area contributed by atoms with Crippen molar-refractivity contribution < 1.29 is 0 Å². The van der Waals surface area contributed by atoms with Gasteiger partial charge in [-0.15, -0.1) is 0 Å². The first-order chi connectivity index (χ1) is 6.09. The number of halogens is 1. The van der Waals surface area contributed by atoms with Crippen molar-refractivity contribution in [3.8, 4) is 0 Å². The molecule has 2 heterocycles. The minimum absolute atomic E-state index is 0.568. The van der Waals surface area contributed by atoms with E-state index in [9.17, 15) is 0 Å². The van der Waals surface area contributed by atoms with Crippen LogP contribution in [0, 0.1) is 0 Å². The van der Waals surface area contributed by atoms with Crippen LogP contribution in [0.1, 0.15) is 13.8 Å². The quantitative estimate of drug-likeness (QED) is 0.591. The number of fused-ring (bicyclic) bond motifs is 1. The highest BCUT2D eigenvalue weighted by molar-refractivity contribution is 6.68. The maximum Gasteiger partial charge on any atom is 0.149 e. The van der Waals surface area contributed by atoms with Crippen LogP contribution in [0.3, 0.4) is 0 Å². The second-order valence-corrected chi connectivity index (χ2v) is 3.84. The molecule has 0 N–H and O–H groups in total. The van der Waals surface area contributed by atoms with Gasteiger partial charge in [0.15, 0.2) is 0 Å². The van der Waals surface area contributed by atoms with Crippen LogP contribution in [0.15, 0.2) is 28.2 Å². The molecule has 0 saturated heterocycles. The van der Waals surface area contributed by atoms with E-state index >= 15 is 0 Å². The normalized spacial score (nSPS) is 23.2. The summed E-state index contributed by atoms with van der Waals surface area (Å²) >= 11 is 5.89. The lowest BCUT2D eigenvalue weighted by Crippen LogP contribution is -2.33. The molecule has 13 heavy (non-hydrogen) atoms. The summed E-state index contributed by atoms with van der Waals surface area (Å²) in [5, 5.41) is 4.78. The lowest BCUT2D eigenvalue weighted by atomic mass is 10.3. The molecule has 2 aliphatic heterocycles. The van der Waals surface area contributed by atoms with Crippen LogP contribution >= 0.6 is 11.6 Å². The molecule has 0 amide bonds. The first-order valence-electron chi connectivity index (χ1n) is 4.23. The fourth-order valence-corrected chi connectivity index (χ4v) is 2.01. The molecule has 0 unspecified atom stereocenters. The monoisotopic (exact) mass is 197 g/mol. The number of rotatable bonds is 0. The number of hydrazine groups is 1. The van der Waals surface area contributed by atoms with Crippen molar-refractivity contribution in [3.63, 3.8) is 0 Å². The summed E-state index contributed by atoms with van der Waals surface area (Å²) in [4.78, 5) is 4.30. The molecule has 0 aromatic carbocycles. The van der Waals surface area contributed by atoms with Crippen molar-refractivity contribution in [2.45, 2.75) is 13.8 Å². The first-order valence-corrected chi connectivity index (χ1v) is 4.61. The third-order valence-corrected chi connectivity index (χ3v) is 2.46. The standard InChI is InChI=1S/C9H12ClN3/c1-6-5-12(3)13-7(2)4-8(10)11-9(6)13/h4H,5H2,1-3H3. The Balaban J connectivity index is 2.47. The Labute approximate surface area is 83.0 Å². The second kappa shape index (κ2) is 2.86. The van der Waals surface area contributed by atoms with E-state index in [-0.39, 0.29) is 0 Å². The summed E-state index contributed by atoms with van der Waals surface area (Å²) in [5.74, 6) is 0.979. The molecular formula is C9H12ClN3. The van der Waals surface area contributed by atoms with Gasteiger partial charge in [0.1, 0.15) is 11.0 Å². The molecule has 0 aliphatic carbocycles. The molecule has 2 rings (SSSR count). The molecule has 4 heteroatoms. The van der Waals surface area contributed by atoms with Crippen molar-refractivity contribution in [3.05, 3.63) is 23.2 Å². The summed E-state index contributed by atoms with van der Waals surface area (Å²) in [7, 11) is 2.04. The molecule has 0 bridgehead atoms. The van der Waals surface area contributed by atoms with Gasteiger partial charge in [0.25, 0.3) is 0 Å². The van der Waals surface area contributed by atoms with Gasteiger partial charge in [-0.25, -0.2) is 10.0 Å². The highest BCUT2D eigenvalue weighted by Gasteiger charge is 2.28. The number of hydrogen-bond acceptors (Lipinski definition) is 3. The highest BCUT2D eigenvalue weighted by atomic mass is 35.5. The first kappa shape index (κ1) is 8.78. The van der Waals surface area contributed by atoms with E-state index in [0.29, 0.717) is 5.17 Å². The van der Waals surface area contributed by atoms with Crippen LogP contribution in [0.25, 0.3) is 0 Å². The van der Waals surface area contributed by atoms with E-state index in [4.69, 9.17) is 11.6 Å². The van der Waals surface area contributed by atoms with E-state index in [2.05, 4.69) is 21.9 Å². The van der Waals surface area contributed by atoms with Gasteiger partial charge in [-0.2, -0.15) is 0 Å². The number of nitrogens with zero attached hydrogens (tertiary/aromatic N) is 3. The van der Waals surface area contributed by atoms with Gasteiger partial charge in [0.05, 0.1) is 0 Å². The Bertz CT molecular complexity index is 341. The molecule has 0 aromatic heterocycles. The molecule has 0 fully saturated rings. The van der Waals surface area contributed by atoms with Gasteiger partial charge in [0.2, 0.25) is 0 Å². The van der Waals surface area contributed by atoms with Crippen LogP contribution in [-0.4, -0.2) is 28.8 Å². The van der Waals surface area contributed by atoms with Crippen LogP contribution < -0.4 is 0 Å². The minimum atomic E-state index is 0.568. The molecular weight excluding hydrogens is 186 g/mol. The number of allylic oxidation sites excluding steroid dienone is 2. The summed E-state index contributed by atoms with van der Waals surface area (Å²) in [6.07, 6.45) is 1.88. The zero-order valence-electron chi connectivity index (χ0n) is 8.00. The maximum atomic E-state index is 5.89. The molecule has 70 valence electrons. The van der Waals surface area contributed by atoms with Gasteiger partial charge < -0.3 is 0 Å². The Morgan fingerprint density at radius 3 is 2.85 bits per heavy atom. The third-order valence-electron chi connectivity index (χ3n) is 2.26. The van der Waals surface area contributed by atoms with Crippen molar-refractivity contribution >= 4 is 16.8 Å². The smallest absolute Gasteiger partial charge is 0.149 e. The van der Waals surface area contributed by atoms with E-state index in [1.54, 1.807) is 0 Å². The van der Waals surface area contributed by atoms with Crippen LogP contribution in [-0.2, 0) is 0 Å². The van der Waals surface area contributed by atoms with Crippen molar-refractivity contribution in [2.75, 3.05) is 13.6 Å². The van der Waals surface area contributed by atoms with Gasteiger partial charge in [-0.1, -0.05) is 11.6 Å².